The number of carbonyl (C=O) groups excluding carboxylic acids is 1. The lowest BCUT2D eigenvalue weighted by Crippen LogP contribution is -2.03. The first-order valence-electron chi connectivity index (χ1n) is 6.11. The Morgan fingerprint density at radius 2 is 2.11 bits per heavy atom. The second-order valence-corrected chi connectivity index (χ2v) is 4.28. The number of aryl methyl sites for hydroxylation is 1. The highest BCUT2D eigenvalue weighted by Gasteiger charge is 2.08. The Kier molecular flexibility index (Phi) is 4.18. The van der Waals surface area contributed by atoms with E-state index in [-0.39, 0.29) is 5.97 Å². The van der Waals surface area contributed by atoms with Gasteiger partial charge in [-0.3, -0.25) is 4.79 Å². The standard InChI is InChI=1S/C14H17N3O2/c1-19-13(18)8-7-12-10-17(14(15)16-12)9-11-5-3-2-4-6-11/h2-6,10H,7-9H2,1H3,(H2,15,16). The third-order valence-corrected chi connectivity index (χ3v) is 2.87. The molecule has 0 unspecified atom stereocenters. The molecule has 0 bridgehead atoms. The molecule has 0 aliphatic rings. The van der Waals surface area contributed by atoms with E-state index in [4.69, 9.17) is 5.73 Å². The first-order chi connectivity index (χ1) is 9.19. The van der Waals surface area contributed by atoms with Gasteiger partial charge in [-0.05, 0) is 5.56 Å². The summed E-state index contributed by atoms with van der Waals surface area (Å²) in [7, 11) is 1.38. The van der Waals surface area contributed by atoms with Crippen molar-refractivity contribution in [2.75, 3.05) is 12.8 Å². The van der Waals surface area contributed by atoms with Gasteiger partial charge in [0.25, 0.3) is 0 Å². The number of nitrogens with two attached hydrogens (primary N) is 1. The quantitative estimate of drug-likeness (QED) is 0.828. The summed E-state index contributed by atoms with van der Waals surface area (Å²) in [5, 5.41) is 0. The van der Waals surface area contributed by atoms with E-state index in [1.807, 2.05) is 41.1 Å². The molecule has 2 rings (SSSR count). The first-order valence-corrected chi connectivity index (χ1v) is 6.11. The lowest BCUT2D eigenvalue weighted by Gasteiger charge is -2.03. The summed E-state index contributed by atoms with van der Waals surface area (Å²) in [6, 6.07) is 10.0. The number of benzene rings is 1. The molecule has 100 valence electrons. The fraction of sp³-hybridized carbons (Fsp3) is 0.286. The van der Waals surface area contributed by atoms with Gasteiger partial charge in [0.1, 0.15) is 0 Å². The molecule has 0 fully saturated rings. The molecular formula is C14H17N3O2. The minimum Gasteiger partial charge on any atom is -0.469 e. The molecule has 5 nitrogen and oxygen atoms in total. The van der Waals surface area contributed by atoms with Gasteiger partial charge in [-0.2, -0.15) is 0 Å². The monoisotopic (exact) mass is 259 g/mol. The van der Waals surface area contributed by atoms with Gasteiger partial charge in [-0.15, -0.1) is 0 Å². The van der Waals surface area contributed by atoms with Crippen molar-refractivity contribution >= 4 is 11.9 Å². The van der Waals surface area contributed by atoms with Crippen molar-refractivity contribution in [3.8, 4) is 0 Å². The third-order valence-electron chi connectivity index (χ3n) is 2.87. The number of hydrogen-bond acceptors (Lipinski definition) is 4. The Labute approximate surface area is 112 Å². The number of aromatic nitrogens is 2. The third kappa shape index (κ3) is 3.58. The van der Waals surface area contributed by atoms with Crippen LogP contribution in [0.2, 0.25) is 0 Å². The predicted octanol–water partition coefficient (Wildman–Crippen LogP) is 1.62. The van der Waals surface area contributed by atoms with Gasteiger partial charge in [0, 0.05) is 12.6 Å². The topological polar surface area (TPSA) is 70.1 Å². The highest BCUT2D eigenvalue weighted by molar-refractivity contribution is 5.69. The maximum Gasteiger partial charge on any atom is 0.305 e. The van der Waals surface area contributed by atoms with Crippen LogP contribution >= 0.6 is 0 Å². The normalized spacial score (nSPS) is 10.4. The zero-order chi connectivity index (χ0) is 13.7. The summed E-state index contributed by atoms with van der Waals surface area (Å²) in [6.07, 6.45) is 2.74. The molecular weight excluding hydrogens is 242 g/mol. The van der Waals surface area contributed by atoms with Crippen LogP contribution in [0.25, 0.3) is 0 Å². The number of nitrogens with zero attached hydrogens (tertiary/aromatic N) is 2. The molecule has 0 aliphatic heterocycles. The van der Waals surface area contributed by atoms with Crippen molar-refractivity contribution in [1.29, 1.82) is 0 Å². The molecule has 0 spiro atoms. The molecule has 0 atom stereocenters. The molecule has 19 heavy (non-hydrogen) atoms. The summed E-state index contributed by atoms with van der Waals surface area (Å²) in [5.41, 5.74) is 7.83. The smallest absolute Gasteiger partial charge is 0.305 e. The van der Waals surface area contributed by atoms with E-state index in [9.17, 15) is 4.79 Å². The van der Waals surface area contributed by atoms with Crippen LogP contribution < -0.4 is 5.73 Å². The molecule has 2 N–H and O–H groups in total. The predicted molar refractivity (Wildman–Crippen MR) is 72.5 cm³/mol. The first kappa shape index (κ1) is 13.1. The van der Waals surface area contributed by atoms with Crippen molar-refractivity contribution in [2.24, 2.45) is 0 Å². The minimum absolute atomic E-state index is 0.240. The van der Waals surface area contributed by atoms with Crippen molar-refractivity contribution in [1.82, 2.24) is 9.55 Å². The molecule has 0 saturated carbocycles. The summed E-state index contributed by atoms with van der Waals surface area (Å²) >= 11 is 0. The second kappa shape index (κ2) is 6.04. The molecule has 0 amide bonds. The lowest BCUT2D eigenvalue weighted by molar-refractivity contribution is -0.140. The van der Waals surface area contributed by atoms with Crippen molar-refractivity contribution < 1.29 is 9.53 Å². The average Bonchev–Trinajstić information content (AvgIpc) is 2.78. The molecule has 0 aliphatic carbocycles. The van der Waals surface area contributed by atoms with Gasteiger partial charge in [0.05, 0.1) is 25.8 Å². The summed E-state index contributed by atoms with van der Waals surface area (Å²) in [4.78, 5) is 15.3. The van der Waals surface area contributed by atoms with Gasteiger partial charge in [-0.25, -0.2) is 4.98 Å². The summed E-state index contributed by atoms with van der Waals surface area (Å²) in [5.74, 6) is 0.222. The summed E-state index contributed by atoms with van der Waals surface area (Å²) in [6.45, 7) is 0.678. The van der Waals surface area contributed by atoms with Crippen LogP contribution in [0, 0.1) is 0 Å². The molecule has 0 saturated heterocycles. The van der Waals surface area contributed by atoms with Crippen LogP contribution in [-0.2, 0) is 22.5 Å². The number of methoxy groups -OCH3 is 1. The van der Waals surface area contributed by atoms with Gasteiger partial charge in [0.15, 0.2) is 0 Å². The molecule has 1 aromatic heterocycles. The van der Waals surface area contributed by atoms with E-state index in [0.29, 0.717) is 25.3 Å². The van der Waals surface area contributed by atoms with Crippen LogP contribution in [-0.4, -0.2) is 22.6 Å². The highest BCUT2D eigenvalue weighted by Crippen LogP contribution is 2.11. The van der Waals surface area contributed by atoms with Crippen LogP contribution in [0.3, 0.4) is 0 Å². The SMILES string of the molecule is COC(=O)CCc1cn(Cc2ccccc2)c(N)n1. The molecule has 5 heteroatoms. The Balaban J connectivity index is 2.02. The number of esters is 1. The van der Waals surface area contributed by atoms with E-state index >= 15 is 0 Å². The van der Waals surface area contributed by atoms with Crippen LogP contribution in [0.15, 0.2) is 36.5 Å². The number of carbonyl (C=O) groups is 1. The molecule has 1 heterocycles. The lowest BCUT2D eigenvalue weighted by atomic mass is 10.2. The Morgan fingerprint density at radius 1 is 1.37 bits per heavy atom. The van der Waals surface area contributed by atoms with E-state index in [1.165, 1.54) is 7.11 Å². The fourth-order valence-electron chi connectivity index (χ4n) is 1.85. The molecule has 1 aromatic carbocycles. The number of imidazole rings is 1. The van der Waals surface area contributed by atoms with Gasteiger partial charge < -0.3 is 15.0 Å². The second-order valence-electron chi connectivity index (χ2n) is 4.28. The summed E-state index contributed by atoms with van der Waals surface area (Å²) < 4.78 is 6.48. The van der Waals surface area contributed by atoms with E-state index < -0.39 is 0 Å². The zero-order valence-electron chi connectivity index (χ0n) is 10.9. The van der Waals surface area contributed by atoms with Gasteiger partial charge in [0.2, 0.25) is 5.95 Å². The highest BCUT2D eigenvalue weighted by atomic mass is 16.5. The van der Waals surface area contributed by atoms with Crippen LogP contribution in [0.1, 0.15) is 17.7 Å². The van der Waals surface area contributed by atoms with Gasteiger partial charge in [-0.1, -0.05) is 30.3 Å². The Hall–Kier alpha value is -2.30. The van der Waals surface area contributed by atoms with E-state index in [1.54, 1.807) is 0 Å². The number of rotatable bonds is 5. The van der Waals surface area contributed by atoms with Crippen LogP contribution in [0.5, 0.6) is 0 Å². The van der Waals surface area contributed by atoms with Crippen molar-refractivity contribution in [2.45, 2.75) is 19.4 Å². The maximum atomic E-state index is 11.1. The van der Waals surface area contributed by atoms with Crippen LogP contribution in [0.4, 0.5) is 5.95 Å². The van der Waals surface area contributed by atoms with E-state index in [2.05, 4.69) is 9.72 Å². The Bertz CT molecular complexity index is 549. The Morgan fingerprint density at radius 3 is 2.79 bits per heavy atom. The average molecular weight is 259 g/mol. The molecule has 2 aromatic rings. The molecule has 0 radical (unpaired) electrons. The maximum absolute atomic E-state index is 11.1. The minimum atomic E-state index is -0.240. The number of ether oxygens (including phenoxy) is 1. The fourth-order valence-corrected chi connectivity index (χ4v) is 1.85. The van der Waals surface area contributed by atoms with E-state index in [0.717, 1.165) is 11.3 Å². The zero-order valence-corrected chi connectivity index (χ0v) is 10.9. The number of nitrogen functional groups attached to an aromatic ring is 1. The largest absolute Gasteiger partial charge is 0.469 e. The van der Waals surface area contributed by atoms with Gasteiger partial charge >= 0.3 is 5.97 Å². The van der Waals surface area contributed by atoms with Crippen molar-refractivity contribution in [3.05, 3.63) is 47.8 Å². The van der Waals surface area contributed by atoms with Crippen molar-refractivity contribution in [3.63, 3.8) is 0 Å². The number of hydrogen-bond donors (Lipinski definition) is 1. The number of anilines is 1.